The van der Waals surface area contributed by atoms with E-state index >= 15 is 0 Å². The van der Waals surface area contributed by atoms with Gasteiger partial charge in [0.15, 0.2) is 0 Å². The molecule has 1 N–H and O–H groups in total. The topological polar surface area (TPSA) is 57.9 Å². The Labute approximate surface area is 120 Å². The van der Waals surface area contributed by atoms with Crippen LogP contribution in [0.1, 0.15) is 5.56 Å². The molecular weight excluding hydrogens is 270 g/mol. The van der Waals surface area contributed by atoms with Gasteiger partial charge < -0.3 is 10.1 Å². The number of pyridine rings is 1. The van der Waals surface area contributed by atoms with Crippen molar-refractivity contribution in [2.45, 2.75) is 0 Å². The number of thiophene rings is 1. The fourth-order valence-electron chi connectivity index (χ4n) is 1.96. The third-order valence-electron chi connectivity index (χ3n) is 2.97. The number of nitrogens with zero attached hydrogens (tertiary/aromatic N) is 2. The van der Waals surface area contributed by atoms with E-state index in [0.717, 1.165) is 27.3 Å². The van der Waals surface area contributed by atoms with Gasteiger partial charge in [-0.05, 0) is 35.7 Å². The zero-order valence-electron chi connectivity index (χ0n) is 10.8. The SMILES string of the molecule is COc1ccc(Nc2c(C#N)cnc3sccc23)cc1. The summed E-state index contributed by atoms with van der Waals surface area (Å²) in [6.07, 6.45) is 1.60. The van der Waals surface area contributed by atoms with Crippen LogP contribution >= 0.6 is 11.3 Å². The van der Waals surface area contributed by atoms with Crippen molar-refractivity contribution in [1.82, 2.24) is 4.98 Å². The largest absolute Gasteiger partial charge is 0.497 e. The van der Waals surface area contributed by atoms with Crippen molar-refractivity contribution in [2.24, 2.45) is 0 Å². The van der Waals surface area contributed by atoms with Crippen LogP contribution in [0.3, 0.4) is 0 Å². The van der Waals surface area contributed by atoms with Crippen LogP contribution in [0.5, 0.6) is 5.75 Å². The summed E-state index contributed by atoms with van der Waals surface area (Å²) in [5.74, 6) is 0.798. The highest BCUT2D eigenvalue weighted by molar-refractivity contribution is 7.16. The molecule has 5 heteroatoms. The second kappa shape index (κ2) is 5.19. The Morgan fingerprint density at radius 2 is 2.05 bits per heavy atom. The molecule has 0 bridgehead atoms. The Balaban J connectivity index is 2.04. The normalized spacial score (nSPS) is 10.2. The van der Waals surface area contributed by atoms with E-state index in [0.29, 0.717) is 5.56 Å². The molecule has 0 atom stereocenters. The summed E-state index contributed by atoms with van der Waals surface area (Å²) in [4.78, 5) is 5.19. The predicted molar refractivity (Wildman–Crippen MR) is 80.6 cm³/mol. The number of methoxy groups -OCH3 is 1. The fraction of sp³-hybridized carbons (Fsp3) is 0.0667. The molecule has 0 amide bonds. The summed E-state index contributed by atoms with van der Waals surface area (Å²) in [6, 6.07) is 11.7. The summed E-state index contributed by atoms with van der Waals surface area (Å²) in [6.45, 7) is 0. The minimum Gasteiger partial charge on any atom is -0.497 e. The van der Waals surface area contributed by atoms with E-state index in [1.807, 2.05) is 35.7 Å². The van der Waals surface area contributed by atoms with E-state index in [4.69, 9.17) is 4.74 Å². The summed E-state index contributed by atoms with van der Waals surface area (Å²) in [7, 11) is 1.63. The van der Waals surface area contributed by atoms with E-state index in [-0.39, 0.29) is 0 Å². The highest BCUT2D eigenvalue weighted by atomic mass is 32.1. The number of anilines is 2. The minimum atomic E-state index is 0.534. The van der Waals surface area contributed by atoms with Gasteiger partial charge in [-0.25, -0.2) is 4.98 Å². The highest BCUT2D eigenvalue weighted by Gasteiger charge is 2.10. The molecule has 0 radical (unpaired) electrons. The Bertz CT molecular complexity index is 787. The zero-order valence-corrected chi connectivity index (χ0v) is 11.6. The molecule has 4 nitrogen and oxygen atoms in total. The lowest BCUT2D eigenvalue weighted by Gasteiger charge is -2.10. The first-order valence-corrected chi connectivity index (χ1v) is 6.87. The first-order valence-electron chi connectivity index (χ1n) is 5.99. The van der Waals surface area contributed by atoms with Crippen molar-refractivity contribution in [2.75, 3.05) is 12.4 Å². The molecule has 0 aliphatic rings. The van der Waals surface area contributed by atoms with Gasteiger partial charge in [-0.2, -0.15) is 5.26 Å². The monoisotopic (exact) mass is 281 g/mol. The van der Waals surface area contributed by atoms with Crippen LogP contribution in [-0.2, 0) is 0 Å². The molecule has 2 heterocycles. The molecule has 98 valence electrons. The van der Waals surface area contributed by atoms with Crippen LogP contribution in [0.4, 0.5) is 11.4 Å². The van der Waals surface area contributed by atoms with Crippen molar-refractivity contribution in [3.8, 4) is 11.8 Å². The molecule has 0 aliphatic heterocycles. The number of hydrogen-bond donors (Lipinski definition) is 1. The molecule has 2 aromatic heterocycles. The number of rotatable bonds is 3. The van der Waals surface area contributed by atoms with Gasteiger partial charge >= 0.3 is 0 Å². The van der Waals surface area contributed by atoms with Gasteiger partial charge in [0.2, 0.25) is 0 Å². The van der Waals surface area contributed by atoms with Crippen LogP contribution in [0.2, 0.25) is 0 Å². The highest BCUT2D eigenvalue weighted by Crippen LogP contribution is 2.31. The summed E-state index contributed by atoms with van der Waals surface area (Å²) < 4.78 is 5.13. The predicted octanol–water partition coefficient (Wildman–Crippen LogP) is 3.92. The molecule has 1 aromatic carbocycles. The summed E-state index contributed by atoms with van der Waals surface area (Å²) >= 11 is 1.56. The molecule has 0 aliphatic carbocycles. The maximum Gasteiger partial charge on any atom is 0.125 e. The number of hydrogen-bond acceptors (Lipinski definition) is 5. The first-order chi connectivity index (χ1) is 9.81. The number of nitrogens with one attached hydrogen (secondary N) is 1. The minimum absolute atomic E-state index is 0.534. The zero-order chi connectivity index (χ0) is 13.9. The molecule has 3 aromatic rings. The van der Waals surface area contributed by atoms with E-state index in [1.54, 1.807) is 24.6 Å². The second-order valence-electron chi connectivity index (χ2n) is 4.15. The Kier molecular flexibility index (Phi) is 3.23. The summed E-state index contributed by atoms with van der Waals surface area (Å²) in [5, 5.41) is 15.5. The van der Waals surface area contributed by atoms with Crippen molar-refractivity contribution >= 4 is 32.9 Å². The molecular formula is C15H11N3OS. The Morgan fingerprint density at radius 1 is 1.25 bits per heavy atom. The third-order valence-corrected chi connectivity index (χ3v) is 3.79. The lowest BCUT2D eigenvalue weighted by atomic mass is 10.2. The molecule has 0 spiro atoms. The van der Waals surface area contributed by atoms with Crippen LogP contribution in [0.15, 0.2) is 41.9 Å². The fourth-order valence-corrected chi connectivity index (χ4v) is 2.71. The van der Waals surface area contributed by atoms with Gasteiger partial charge in [0, 0.05) is 17.3 Å². The molecule has 3 rings (SSSR count). The first kappa shape index (κ1) is 12.5. The molecule has 0 fully saturated rings. The average Bonchev–Trinajstić information content (AvgIpc) is 2.97. The molecule has 0 saturated heterocycles. The van der Waals surface area contributed by atoms with E-state index in [1.165, 1.54) is 0 Å². The van der Waals surface area contributed by atoms with Gasteiger partial charge in [-0.3, -0.25) is 0 Å². The Morgan fingerprint density at radius 3 is 2.75 bits per heavy atom. The van der Waals surface area contributed by atoms with Gasteiger partial charge in [-0.15, -0.1) is 11.3 Å². The van der Waals surface area contributed by atoms with Gasteiger partial charge in [0.1, 0.15) is 16.6 Å². The van der Waals surface area contributed by atoms with Crippen molar-refractivity contribution in [3.05, 3.63) is 47.5 Å². The lowest BCUT2D eigenvalue weighted by molar-refractivity contribution is 0.415. The van der Waals surface area contributed by atoms with Crippen LogP contribution < -0.4 is 10.1 Å². The smallest absolute Gasteiger partial charge is 0.125 e. The van der Waals surface area contributed by atoms with Gasteiger partial charge in [-0.1, -0.05) is 0 Å². The number of fused-ring (bicyclic) bond motifs is 1. The molecule has 0 unspecified atom stereocenters. The average molecular weight is 281 g/mol. The maximum absolute atomic E-state index is 9.23. The number of nitriles is 1. The second-order valence-corrected chi connectivity index (χ2v) is 5.05. The Hall–Kier alpha value is -2.58. The van der Waals surface area contributed by atoms with E-state index < -0.39 is 0 Å². The van der Waals surface area contributed by atoms with Crippen LogP contribution in [-0.4, -0.2) is 12.1 Å². The van der Waals surface area contributed by atoms with Crippen LogP contribution in [0, 0.1) is 11.3 Å². The van der Waals surface area contributed by atoms with Crippen molar-refractivity contribution in [3.63, 3.8) is 0 Å². The quantitative estimate of drug-likeness (QED) is 0.790. The van der Waals surface area contributed by atoms with Gasteiger partial charge in [0.05, 0.1) is 18.4 Å². The maximum atomic E-state index is 9.23. The third kappa shape index (κ3) is 2.17. The molecule has 20 heavy (non-hydrogen) atoms. The van der Waals surface area contributed by atoms with E-state index in [2.05, 4.69) is 16.4 Å². The lowest BCUT2D eigenvalue weighted by Crippen LogP contribution is -1.95. The summed E-state index contributed by atoms with van der Waals surface area (Å²) in [5.41, 5.74) is 2.23. The van der Waals surface area contributed by atoms with Crippen LogP contribution in [0.25, 0.3) is 10.2 Å². The number of ether oxygens (including phenoxy) is 1. The van der Waals surface area contributed by atoms with Crippen molar-refractivity contribution < 1.29 is 4.74 Å². The van der Waals surface area contributed by atoms with E-state index in [9.17, 15) is 5.26 Å². The van der Waals surface area contributed by atoms with Crippen molar-refractivity contribution in [1.29, 1.82) is 5.26 Å². The molecule has 0 saturated carbocycles. The standard InChI is InChI=1S/C15H11N3OS/c1-19-12-4-2-11(3-5-12)18-14-10(8-16)9-17-15-13(14)6-7-20-15/h2-7,9H,1H3,(H,17,18). The van der Waals surface area contributed by atoms with Gasteiger partial charge in [0.25, 0.3) is 0 Å². The number of benzene rings is 1. The number of aromatic nitrogens is 1.